The molecule has 26 heavy (non-hydrogen) atoms. The highest BCUT2D eigenvalue weighted by atomic mass is 16.5. The van der Waals surface area contributed by atoms with E-state index in [1.54, 1.807) is 32.4 Å². The lowest BCUT2D eigenvalue weighted by Crippen LogP contribution is -2.34. The first-order chi connectivity index (χ1) is 12.4. The van der Waals surface area contributed by atoms with Gasteiger partial charge in [-0.15, -0.1) is 0 Å². The van der Waals surface area contributed by atoms with Crippen molar-refractivity contribution >= 4 is 17.6 Å². The highest BCUT2D eigenvalue weighted by molar-refractivity contribution is 6.04. The molecule has 1 aliphatic rings. The molecule has 0 spiro atoms. The van der Waals surface area contributed by atoms with E-state index in [2.05, 4.69) is 15.6 Å². The summed E-state index contributed by atoms with van der Waals surface area (Å²) in [6.07, 6.45) is 2.56. The third kappa shape index (κ3) is 4.11. The van der Waals surface area contributed by atoms with Gasteiger partial charge in [0.05, 0.1) is 12.2 Å². The van der Waals surface area contributed by atoms with Crippen LogP contribution in [0, 0.1) is 0 Å². The molecule has 0 bridgehead atoms. The fraction of sp³-hybridized carbons (Fsp3) is 0.316. The second-order valence-corrected chi connectivity index (χ2v) is 6.50. The fourth-order valence-corrected chi connectivity index (χ4v) is 2.74. The van der Waals surface area contributed by atoms with Crippen molar-refractivity contribution < 1.29 is 14.3 Å². The smallest absolute Gasteiger partial charge is 0.317 e. The van der Waals surface area contributed by atoms with Crippen molar-refractivity contribution in [3.05, 3.63) is 53.3 Å². The number of fused-ring (bicyclic) bond motifs is 1. The fourth-order valence-electron chi connectivity index (χ4n) is 2.74. The van der Waals surface area contributed by atoms with Crippen LogP contribution in [-0.2, 0) is 13.0 Å². The number of carbonyl (C=O) groups is 2. The van der Waals surface area contributed by atoms with Crippen molar-refractivity contribution in [2.75, 3.05) is 19.4 Å². The molecular formula is C19H22N4O3. The van der Waals surface area contributed by atoms with Crippen LogP contribution in [0.15, 0.2) is 36.5 Å². The zero-order chi connectivity index (χ0) is 18.7. The van der Waals surface area contributed by atoms with E-state index in [1.165, 1.54) is 4.90 Å². The van der Waals surface area contributed by atoms with Crippen LogP contribution >= 0.6 is 0 Å². The van der Waals surface area contributed by atoms with E-state index >= 15 is 0 Å². The number of anilines is 1. The molecule has 0 fully saturated rings. The number of hydrogen-bond acceptors (Lipinski definition) is 4. The van der Waals surface area contributed by atoms with Gasteiger partial charge in [-0.25, -0.2) is 4.79 Å². The number of aromatic nitrogens is 1. The van der Waals surface area contributed by atoms with Crippen LogP contribution in [-0.4, -0.2) is 42.0 Å². The number of carbonyl (C=O) groups excluding carboxylic acids is 2. The molecule has 2 aromatic rings. The van der Waals surface area contributed by atoms with Gasteiger partial charge in [0, 0.05) is 38.0 Å². The normalized spacial score (nSPS) is 15.0. The van der Waals surface area contributed by atoms with Crippen LogP contribution < -0.4 is 15.4 Å². The molecule has 2 N–H and O–H groups in total. The van der Waals surface area contributed by atoms with Crippen LogP contribution in [0.25, 0.3) is 0 Å². The molecule has 0 saturated heterocycles. The number of nitrogens with one attached hydrogen (secondary N) is 2. The predicted octanol–water partition coefficient (Wildman–Crippen LogP) is 2.43. The Labute approximate surface area is 152 Å². The number of rotatable bonds is 4. The lowest BCUT2D eigenvalue weighted by atomic mass is 10.1. The average molecular weight is 354 g/mol. The highest BCUT2D eigenvalue weighted by Crippen LogP contribution is 2.31. The van der Waals surface area contributed by atoms with Crippen LogP contribution in [0.4, 0.5) is 10.5 Å². The molecule has 1 unspecified atom stereocenters. The number of hydrogen-bond donors (Lipinski definition) is 2. The summed E-state index contributed by atoms with van der Waals surface area (Å²) in [5.41, 5.74) is 2.92. The maximum absolute atomic E-state index is 12.5. The average Bonchev–Trinajstić information content (AvgIpc) is 2.99. The van der Waals surface area contributed by atoms with E-state index in [0.717, 1.165) is 23.4 Å². The molecule has 2 heterocycles. The van der Waals surface area contributed by atoms with Gasteiger partial charge in [-0.05, 0) is 42.8 Å². The number of urea groups is 1. The minimum atomic E-state index is -0.223. The molecule has 0 radical (unpaired) electrons. The second kappa shape index (κ2) is 7.43. The minimum Gasteiger partial charge on any atom is -0.490 e. The SMILES string of the molecule is CC1Cc2cc(NC(=O)c3ccnc(CNC(=O)N(C)C)c3)ccc2O1. The molecule has 0 saturated carbocycles. The zero-order valence-electron chi connectivity index (χ0n) is 15.1. The molecule has 3 amide bonds. The summed E-state index contributed by atoms with van der Waals surface area (Å²) >= 11 is 0. The summed E-state index contributed by atoms with van der Waals surface area (Å²) in [6.45, 7) is 2.28. The molecule has 0 aliphatic carbocycles. The molecule has 3 rings (SSSR count). The van der Waals surface area contributed by atoms with Gasteiger partial charge in [0.2, 0.25) is 0 Å². The molecular weight excluding hydrogens is 332 g/mol. The van der Waals surface area contributed by atoms with E-state index in [9.17, 15) is 9.59 Å². The maximum atomic E-state index is 12.5. The summed E-state index contributed by atoms with van der Waals surface area (Å²) in [7, 11) is 3.32. The van der Waals surface area contributed by atoms with Gasteiger partial charge in [-0.2, -0.15) is 0 Å². The Morgan fingerprint density at radius 2 is 2.08 bits per heavy atom. The quantitative estimate of drug-likeness (QED) is 0.883. The minimum absolute atomic E-state index is 0.163. The number of benzene rings is 1. The largest absolute Gasteiger partial charge is 0.490 e. The van der Waals surface area contributed by atoms with Gasteiger partial charge in [0.15, 0.2) is 0 Å². The standard InChI is InChI=1S/C19H22N4O3/c1-12-8-14-10-15(4-5-17(14)26-12)22-18(24)13-6-7-20-16(9-13)11-21-19(25)23(2)3/h4-7,9-10,12H,8,11H2,1-3H3,(H,21,25)(H,22,24). The monoisotopic (exact) mass is 354 g/mol. The summed E-state index contributed by atoms with van der Waals surface area (Å²) < 4.78 is 5.67. The lowest BCUT2D eigenvalue weighted by molar-refractivity contribution is 0.102. The van der Waals surface area contributed by atoms with Gasteiger partial charge in [0.1, 0.15) is 11.9 Å². The predicted molar refractivity (Wildman–Crippen MR) is 98.3 cm³/mol. The van der Waals surface area contributed by atoms with Gasteiger partial charge >= 0.3 is 6.03 Å². The topological polar surface area (TPSA) is 83.6 Å². The van der Waals surface area contributed by atoms with E-state index in [1.807, 2.05) is 25.1 Å². The number of ether oxygens (including phenoxy) is 1. The van der Waals surface area contributed by atoms with Crippen LogP contribution in [0.1, 0.15) is 28.5 Å². The third-order valence-electron chi connectivity index (χ3n) is 4.06. The first kappa shape index (κ1) is 17.7. The van der Waals surface area contributed by atoms with Gasteiger partial charge in [0.25, 0.3) is 5.91 Å². The van der Waals surface area contributed by atoms with Crippen LogP contribution in [0.5, 0.6) is 5.75 Å². The Balaban J connectivity index is 1.66. The Morgan fingerprint density at radius 1 is 1.27 bits per heavy atom. The van der Waals surface area contributed by atoms with Gasteiger partial charge in [-0.1, -0.05) is 0 Å². The summed E-state index contributed by atoms with van der Waals surface area (Å²) in [4.78, 5) is 29.7. The van der Waals surface area contributed by atoms with Gasteiger partial charge in [-0.3, -0.25) is 9.78 Å². The molecule has 1 aromatic heterocycles. The van der Waals surface area contributed by atoms with Crippen molar-refractivity contribution in [3.63, 3.8) is 0 Å². The molecule has 136 valence electrons. The Kier molecular flexibility index (Phi) is 5.06. The molecule has 1 aromatic carbocycles. The summed E-state index contributed by atoms with van der Waals surface area (Å²) in [5.74, 6) is 0.651. The van der Waals surface area contributed by atoms with Crippen LogP contribution in [0.3, 0.4) is 0 Å². The zero-order valence-corrected chi connectivity index (χ0v) is 15.1. The van der Waals surface area contributed by atoms with Gasteiger partial charge < -0.3 is 20.3 Å². The Hall–Kier alpha value is -3.09. The number of amides is 3. The van der Waals surface area contributed by atoms with E-state index < -0.39 is 0 Å². The van der Waals surface area contributed by atoms with Crippen molar-refractivity contribution in [3.8, 4) is 5.75 Å². The van der Waals surface area contributed by atoms with E-state index in [4.69, 9.17) is 4.74 Å². The molecule has 7 heteroatoms. The Bertz CT molecular complexity index is 835. The van der Waals surface area contributed by atoms with Crippen molar-refractivity contribution in [1.29, 1.82) is 0 Å². The van der Waals surface area contributed by atoms with Crippen LogP contribution in [0.2, 0.25) is 0 Å². The second-order valence-electron chi connectivity index (χ2n) is 6.50. The number of pyridine rings is 1. The first-order valence-corrected chi connectivity index (χ1v) is 8.43. The summed E-state index contributed by atoms with van der Waals surface area (Å²) in [5, 5.41) is 5.62. The third-order valence-corrected chi connectivity index (χ3v) is 4.06. The maximum Gasteiger partial charge on any atom is 0.317 e. The van der Waals surface area contributed by atoms with Crippen molar-refractivity contribution in [2.45, 2.75) is 26.0 Å². The molecule has 1 atom stereocenters. The van der Waals surface area contributed by atoms with E-state index in [-0.39, 0.29) is 24.6 Å². The van der Waals surface area contributed by atoms with Crippen molar-refractivity contribution in [2.24, 2.45) is 0 Å². The lowest BCUT2D eigenvalue weighted by Gasteiger charge is -2.12. The summed E-state index contributed by atoms with van der Waals surface area (Å²) in [6, 6.07) is 8.75. The first-order valence-electron chi connectivity index (χ1n) is 8.43. The Morgan fingerprint density at radius 3 is 2.85 bits per heavy atom. The number of nitrogens with zero attached hydrogens (tertiary/aromatic N) is 2. The molecule has 1 aliphatic heterocycles. The molecule has 7 nitrogen and oxygen atoms in total. The van der Waals surface area contributed by atoms with Crippen molar-refractivity contribution in [1.82, 2.24) is 15.2 Å². The highest BCUT2D eigenvalue weighted by Gasteiger charge is 2.19. The van der Waals surface area contributed by atoms with E-state index in [0.29, 0.717) is 11.3 Å².